The standard InChI is InChI=1S/C9H7BrF3NO2/c1-3-6(8(15)16)5(14)2-4(7(3)10)9(11,12)13/h2H,14H2,1H3,(H,15,16). The van der Waals surface area contributed by atoms with E-state index in [9.17, 15) is 18.0 Å². The lowest BCUT2D eigenvalue weighted by atomic mass is 10.0. The number of nitrogen functional groups attached to an aromatic ring is 1. The van der Waals surface area contributed by atoms with Crippen molar-refractivity contribution >= 4 is 27.6 Å². The predicted molar refractivity (Wildman–Crippen MR) is 55.3 cm³/mol. The maximum Gasteiger partial charge on any atom is 0.417 e. The van der Waals surface area contributed by atoms with Crippen molar-refractivity contribution in [2.75, 3.05) is 5.73 Å². The van der Waals surface area contributed by atoms with Gasteiger partial charge in [0.1, 0.15) is 0 Å². The Morgan fingerprint density at radius 1 is 1.50 bits per heavy atom. The van der Waals surface area contributed by atoms with E-state index in [1.807, 2.05) is 0 Å². The van der Waals surface area contributed by atoms with Gasteiger partial charge in [0.05, 0.1) is 11.1 Å². The Kier molecular flexibility index (Phi) is 3.18. The Morgan fingerprint density at radius 2 is 2.00 bits per heavy atom. The largest absolute Gasteiger partial charge is 0.478 e. The highest BCUT2D eigenvalue weighted by Crippen LogP contribution is 2.39. The fraction of sp³-hybridized carbons (Fsp3) is 0.222. The van der Waals surface area contributed by atoms with Crippen LogP contribution >= 0.6 is 15.9 Å². The molecule has 0 spiro atoms. The maximum atomic E-state index is 12.5. The van der Waals surface area contributed by atoms with E-state index in [1.54, 1.807) is 0 Å². The van der Waals surface area contributed by atoms with Crippen LogP contribution in [-0.2, 0) is 6.18 Å². The van der Waals surface area contributed by atoms with Crippen LogP contribution in [0.15, 0.2) is 10.5 Å². The summed E-state index contributed by atoms with van der Waals surface area (Å²) in [5.74, 6) is -1.36. The SMILES string of the molecule is Cc1c(Br)c(C(F)(F)F)cc(N)c1C(=O)O. The Morgan fingerprint density at radius 3 is 2.38 bits per heavy atom. The van der Waals surface area contributed by atoms with Gasteiger partial charge in [0, 0.05) is 10.2 Å². The molecule has 0 heterocycles. The molecule has 3 nitrogen and oxygen atoms in total. The summed E-state index contributed by atoms with van der Waals surface area (Å²) in [5, 5.41) is 8.78. The first kappa shape index (κ1) is 12.8. The highest BCUT2D eigenvalue weighted by atomic mass is 79.9. The second kappa shape index (κ2) is 3.97. The zero-order valence-corrected chi connectivity index (χ0v) is 9.61. The zero-order chi connectivity index (χ0) is 12.7. The molecule has 0 aliphatic carbocycles. The molecule has 1 rings (SSSR count). The quantitative estimate of drug-likeness (QED) is 0.783. The van der Waals surface area contributed by atoms with E-state index in [2.05, 4.69) is 15.9 Å². The lowest BCUT2D eigenvalue weighted by Gasteiger charge is -2.14. The van der Waals surface area contributed by atoms with Crippen LogP contribution in [0.25, 0.3) is 0 Å². The number of hydrogen-bond acceptors (Lipinski definition) is 2. The molecule has 0 aliphatic rings. The second-order valence-corrected chi connectivity index (χ2v) is 3.92. The van der Waals surface area contributed by atoms with Crippen molar-refractivity contribution in [2.24, 2.45) is 0 Å². The average molecular weight is 298 g/mol. The second-order valence-electron chi connectivity index (χ2n) is 3.13. The van der Waals surface area contributed by atoms with Gasteiger partial charge in [-0.1, -0.05) is 0 Å². The van der Waals surface area contributed by atoms with Gasteiger partial charge in [0.25, 0.3) is 0 Å². The maximum absolute atomic E-state index is 12.5. The minimum Gasteiger partial charge on any atom is -0.478 e. The van der Waals surface area contributed by atoms with Crippen LogP contribution in [0.5, 0.6) is 0 Å². The first-order valence-corrected chi connectivity index (χ1v) is 4.84. The molecular formula is C9H7BrF3NO2. The number of aromatic carboxylic acids is 1. The van der Waals surface area contributed by atoms with Crippen molar-refractivity contribution in [3.8, 4) is 0 Å². The van der Waals surface area contributed by atoms with Crippen LogP contribution in [0.1, 0.15) is 21.5 Å². The van der Waals surface area contributed by atoms with Gasteiger partial charge in [-0.3, -0.25) is 0 Å². The molecule has 0 amide bonds. The van der Waals surface area contributed by atoms with Crippen LogP contribution in [-0.4, -0.2) is 11.1 Å². The van der Waals surface area contributed by atoms with E-state index in [0.29, 0.717) is 6.07 Å². The summed E-state index contributed by atoms with van der Waals surface area (Å²) in [4.78, 5) is 10.8. The van der Waals surface area contributed by atoms with Gasteiger partial charge < -0.3 is 10.8 Å². The van der Waals surface area contributed by atoms with Crippen molar-refractivity contribution in [3.63, 3.8) is 0 Å². The Balaban J connectivity index is 3.58. The van der Waals surface area contributed by atoms with Crippen molar-refractivity contribution in [2.45, 2.75) is 13.1 Å². The molecule has 88 valence electrons. The van der Waals surface area contributed by atoms with Crippen LogP contribution in [0.3, 0.4) is 0 Å². The summed E-state index contributed by atoms with van der Waals surface area (Å²) in [6.07, 6.45) is -4.57. The zero-order valence-electron chi connectivity index (χ0n) is 8.02. The van der Waals surface area contributed by atoms with E-state index in [0.717, 1.165) is 0 Å². The first-order chi connectivity index (χ1) is 7.16. The molecule has 0 bridgehead atoms. The molecule has 1 aromatic carbocycles. The number of halogens is 4. The van der Waals surface area contributed by atoms with Crippen molar-refractivity contribution in [1.29, 1.82) is 0 Å². The molecule has 0 aliphatic heterocycles. The molecular weight excluding hydrogens is 291 g/mol. The van der Waals surface area contributed by atoms with Gasteiger partial charge >= 0.3 is 12.1 Å². The van der Waals surface area contributed by atoms with E-state index < -0.39 is 23.4 Å². The Hall–Kier alpha value is -1.24. The first-order valence-electron chi connectivity index (χ1n) is 4.05. The monoisotopic (exact) mass is 297 g/mol. The van der Waals surface area contributed by atoms with Gasteiger partial charge in [-0.25, -0.2) is 4.79 Å². The minimum atomic E-state index is -4.57. The Labute approximate surface area is 97.2 Å². The smallest absolute Gasteiger partial charge is 0.417 e. The predicted octanol–water partition coefficient (Wildman–Crippen LogP) is 3.06. The molecule has 0 saturated carbocycles. The van der Waals surface area contributed by atoms with Crippen molar-refractivity contribution in [1.82, 2.24) is 0 Å². The number of carbonyl (C=O) groups is 1. The van der Waals surface area contributed by atoms with E-state index in [-0.39, 0.29) is 15.6 Å². The number of benzene rings is 1. The van der Waals surface area contributed by atoms with Crippen LogP contribution in [0.4, 0.5) is 18.9 Å². The van der Waals surface area contributed by atoms with Crippen molar-refractivity contribution in [3.05, 3.63) is 27.2 Å². The average Bonchev–Trinajstić information content (AvgIpc) is 2.09. The number of hydrogen-bond donors (Lipinski definition) is 2. The van der Waals surface area contributed by atoms with E-state index in [1.165, 1.54) is 6.92 Å². The normalized spacial score (nSPS) is 11.6. The highest BCUT2D eigenvalue weighted by Gasteiger charge is 2.35. The molecule has 0 atom stereocenters. The lowest BCUT2D eigenvalue weighted by Crippen LogP contribution is -2.12. The van der Waals surface area contributed by atoms with Gasteiger partial charge in [-0.2, -0.15) is 13.2 Å². The highest BCUT2D eigenvalue weighted by molar-refractivity contribution is 9.10. The number of anilines is 1. The van der Waals surface area contributed by atoms with Gasteiger partial charge in [0.15, 0.2) is 0 Å². The number of carboxylic acid groups (broad SMARTS) is 1. The molecule has 0 fully saturated rings. The van der Waals surface area contributed by atoms with Gasteiger partial charge in [0.2, 0.25) is 0 Å². The third-order valence-corrected chi connectivity index (χ3v) is 3.07. The summed E-state index contributed by atoms with van der Waals surface area (Å²) >= 11 is 2.73. The number of rotatable bonds is 1. The lowest BCUT2D eigenvalue weighted by molar-refractivity contribution is -0.138. The van der Waals surface area contributed by atoms with Crippen LogP contribution in [0, 0.1) is 6.92 Å². The van der Waals surface area contributed by atoms with E-state index >= 15 is 0 Å². The Bertz CT molecular complexity index is 457. The summed E-state index contributed by atoms with van der Waals surface area (Å²) in [5.41, 5.74) is 3.54. The summed E-state index contributed by atoms with van der Waals surface area (Å²) < 4.78 is 37.2. The van der Waals surface area contributed by atoms with E-state index in [4.69, 9.17) is 10.8 Å². The van der Waals surface area contributed by atoms with Gasteiger partial charge in [-0.15, -0.1) is 0 Å². The van der Waals surface area contributed by atoms with Gasteiger partial charge in [-0.05, 0) is 34.5 Å². The summed E-state index contributed by atoms with van der Waals surface area (Å²) in [6, 6.07) is 0.612. The molecule has 0 aromatic heterocycles. The summed E-state index contributed by atoms with van der Waals surface area (Å²) in [6.45, 7) is 1.26. The molecule has 16 heavy (non-hydrogen) atoms. The fourth-order valence-electron chi connectivity index (χ4n) is 1.31. The topological polar surface area (TPSA) is 63.3 Å². The van der Waals surface area contributed by atoms with Crippen molar-refractivity contribution < 1.29 is 23.1 Å². The molecule has 3 N–H and O–H groups in total. The molecule has 7 heteroatoms. The number of carboxylic acids is 1. The number of nitrogens with two attached hydrogens (primary N) is 1. The molecule has 1 aromatic rings. The molecule has 0 saturated heterocycles. The fourth-order valence-corrected chi connectivity index (χ4v) is 1.85. The van der Waals surface area contributed by atoms with Crippen LogP contribution in [0.2, 0.25) is 0 Å². The third kappa shape index (κ3) is 2.13. The minimum absolute atomic E-state index is 0.0418. The third-order valence-electron chi connectivity index (χ3n) is 2.05. The molecule has 0 unspecified atom stereocenters. The molecule has 0 radical (unpaired) electrons. The summed E-state index contributed by atoms with van der Waals surface area (Å²) in [7, 11) is 0. The van der Waals surface area contributed by atoms with Crippen LogP contribution < -0.4 is 5.73 Å². The number of alkyl halides is 3.